The third kappa shape index (κ3) is 3.96. The lowest BCUT2D eigenvalue weighted by molar-refractivity contribution is -0.145. The van der Waals surface area contributed by atoms with E-state index in [9.17, 15) is 4.79 Å². The molecule has 0 aliphatic rings. The van der Waals surface area contributed by atoms with Crippen LogP contribution in [0.4, 0.5) is 0 Å². The Balaban J connectivity index is 3.49. The van der Waals surface area contributed by atoms with Gasteiger partial charge in [-0.2, -0.15) is 0 Å². The summed E-state index contributed by atoms with van der Waals surface area (Å²) in [5.41, 5.74) is 0. The summed E-state index contributed by atoms with van der Waals surface area (Å²) >= 11 is 0. The predicted octanol–water partition coefficient (Wildman–Crippen LogP) is 1.35. The number of ether oxygens (including phenoxy) is 1. The summed E-state index contributed by atoms with van der Waals surface area (Å²) in [6, 6.07) is 0. The summed E-state index contributed by atoms with van der Waals surface area (Å²) in [7, 11) is 0. The zero-order valence-corrected chi connectivity index (χ0v) is 6.39. The average Bonchev–Trinajstić information content (AvgIpc) is 1.88. The maximum Gasteiger partial charge on any atom is 0.307 e. The molecule has 0 aromatic rings. The average molecular weight is 140 g/mol. The number of rotatable bonds is 3. The molecule has 1 unspecified atom stereocenters. The van der Waals surface area contributed by atoms with E-state index in [-0.39, 0.29) is 12.1 Å². The molecule has 0 aromatic heterocycles. The number of carbonyl (C=O) groups excluding carboxylic acids is 1. The van der Waals surface area contributed by atoms with Gasteiger partial charge in [0.25, 0.3) is 0 Å². The van der Waals surface area contributed by atoms with E-state index in [1.54, 1.807) is 6.92 Å². The van der Waals surface area contributed by atoms with Gasteiger partial charge < -0.3 is 4.74 Å². The smallest absolute Gasteiger partial charge is 0.307 e. The Morgan fingerprint density at radius 1 is 1.80 bits per heavy atom. The van der Waals surface area contributed by atoms with Crippen molar-refractivity contribution in [2.75, 3.05) is 0 Å². The topological polar surface area (TPSA) is 26.3 Å². The molecule has 0 heterocycles. The van der Waals surface area contributed by atoms with Crippen LogP contribution >= 0.6 is 0 Å². The van der Waals surface area contributed by atoms with Crippen molar-refractivity contribution in [1.82, 2.24) is 0 Å². The first-order chi connectivity index (χ1) is 4.70. The van der Waals surface area contributed by atoms with Gasteiger partial charge in [-0.3, -0.25) is 4.79 Å². The molecule has 56 valence electrons. The van der Waals surface area contributed by atoms with Crippen molar-refractivity contribution < 1.29 is 9.53 Å². The van der Waals surface area contributed by atoms with Gasteiger partial charge in [0.05, 0.1) is 0 Å². The van der Waals surface area contributed by atoms with Crippen molar-refractivity contribution >= 4 is 5.97 Å². The first kappa shape index (κ1) is 9.03. The van der Waals surface area contributed by atoms with Crippen molar-refractivity contribution in [3.05, 3.63) is 0 Å². The van der Waals surface area contributed by atoms with Crippen LogP contribution in [0.3, 0.4) is 0 Å². The molecule has 0 fully saturated rings. The minimum atomic E-state index is -0.390. The number of esters is 1. The Bertz CT molecular complexity index is 144. The molecule has 0 saturated heterocycles. The van der Waals surface area contributed by atoms with Crippen LogP contribution in [-0.2, 0) is 9.53 Å². The highest BCUT2D eigenvalue weighted by molar-refractivity contribution is 5.69. The minimum absolute atomic E-state index is 0.215. The lowest BCUT2D eigenvalue weighted by Crippen LogP contribution is -2.11. The summed E-state index contributed by atoms with van der Waals surface area (Å²) < 4.78 is 4.76. The largest absolute Gasteiger partial charge is 0.449 e. The summed E-state index contributed by atoms with van der Waals surface area (Å²) in [4.78, 5) is 10.7. The fourth-order valence-corrected chi connectivity index (χ4v) is 0.494. The quantitative estimate of drug-likeness (QED) is 0.437. The monoisotopic (exact) mass is 140 g/mol. The maximum atomic E-state index is 10.7. The van der Waals surface area contributed by atoms with Crippen LogP contribution in [0.5, 0.6) is 0 Å². The van der Waals surface area contributed by atoms with Gasteiger partial charge >= 0.3 is 5.97 Å². The second-order valence-corrected chi connectivity index (χ2v) is 2.05. The van der Waals surface area contributed by atoms with Crippen molar-refractivity contribution in [3.63, 3.8) is 0 Å². The van der Waals surface area contributed by atoms with Gasteiger partial charge in [-0.15, -0.1) is 6.42 Å². The van der Waals surface area contributed by atoms with E-state index in [2.05, 4.69) is 5.92 Å². The van der Waals surface area contributed by atoms with Crippen LogP contribution in [0.1, 0.15) is 26.7 Å². The van der Waals surface area contributed by atoms with Gasteiger partial charge in [-0.05, 0) is 13.3 Å². The molecular formula is C8H12O2. The summed E-state index contributed by atoms with van der Waals surface area (Å²) in [6.07, 6.45) is 5.85. The molecule has 0 bridgehead atoms. The fourth-order valence-electron chi connectivity index (χ4n) is 0.494. The molecule has 2 heteroatoms. The normalized spacial score (nSPS) is 11.7. The van der Waals surface area contributed by atoms with Crippen LogP contribution in [0.25, 0.3) is 0 Å². The van der Waals surface area contributed by atoms with Crippen LogP contribution in [0.2, 0.25) is 0 Å². The van der Waals surface area contributed by atoms with E-state index in [0.717, 1.165) is 6.42 Å². The Kier molecular flexibility index (Phi) is 4.39. The van der Waals surface area contributed by atoms with Crippen LogP contribution < -0.4 is 0 Å². The highest BCUT2D eigenvalue weighted by Gasteiger charge is 2.03. The van der Waals surface area contributed by atoms with Gasteiger partial charge in [0, 0.05) is 6.42 Å². The Hall–Kier alpha value is -0.970. The van der Waals surface area contributed by atoms with Crippen LogP contribution in [-0.4, -0.2) is 12.1 Å². The summed E-state index contributed by atoms with van der Waals surface area (Å²) in [5.74, 6) is 2.10. The highest BCUT2D eigenvalue weighted by Crippen LogP contribution is 1.95. The molecular weight excluding hydrogens is 128 g/mol. The van der Waals surface area contributed by atoms with Crippen molar-refractivity contribution in [2.45, 2.75) is 32.8 Å². The predicted molar refractivity (Wildman–Crippen MR) is 39.3 cm³/mol. The fraction of sp³-hybridized carbons (Fsp3) is 0.625. The minimum Gasteiger partial charge on any atom is -0.449 e. The first-order valence-corrected chi connectivity index (χ1v) is 3.36. The molecule has 10 heavy (non-hydrogen) atoms. The first-order valence-electron chi connectivity index (χ1n) is 3.36. The van der Waals surface area contributed by atoms with E-state index in [1.807, 2.05) is 6.92 Å². The van der Waals surface area contributed by atoms with Gasteiger partial charge in [-0.1, -0.05) is 12.8 Å². The lowest BCUT2D eigenvalue weighted by atomic mass is 10.3. The number of hydrogen-bond donors (Lipinski definition) is 0. The highest BCUT2D eigenvalue weighted by atomic mass is 16.5. The molecule has 0 radical (unpaired) electrons. The van der Waals surface area contributed by atoms with E-state index in [0.29, 0.717) is 6.42 Å². The molecule has 2 nitrogen and oxygen atoms in total. The molecule has 0 saturated carbocycles. The lowest BCUT2D eigenvalue weighted by Gasteiger charge is -2.04. The number of hydrogen-bond acceptors (Lipinski definition) is 2. The Morgan fingerprint density at radius 2 is 2.40 bits per heavy atom. The van der Waals surface area contributed by atoms with Crippen LogP contribution in [0.15, 0.2) is 0 Å². The molecule has 0 N–H and O–H groups in total. The molecule has 0 aliphatic carbocycles. The Labute approximate surface area is 61.6 Å². The van der Waals surface area contributed by atoms with Crippen molar-refractivity contribution in [2.24, 2.45) is 0 Å². The standard InChI is InChI=1S/C8H12O2/c1-4-6-8(9)10-7(3)5-2/h2,7H,4,6H2,1,3H3. The third-order valence-electron chi connectivity index (χ3n) is 0.997. The second-order valence-electron chi connectivity index (χ2n) is 2.05. The van der Waals surface area contributed by atoms with Gasteiger partial charge in [0.2, 0.25) is 0 Å². The third-order valence-corrected chi connectivity index (χ3v) is 0.997. The van der Waals surface area contributed by atoms with Gasteiger partial charge in [-0.25, -0.2) is 0 Å². The van der Waals surface area contributed by atoms with Gasteiger partial charge in [0.15, 0.2) is 6.10 Å². The SMILES string of the molecule is C#CC(C)OC(=O)CCC. The second kappa shape index (κ2) is 4.87. The van der Waals surface area contributed by atoms with Crippen molar-refractivity contribution in [3.8, 4) is 12.3 Å². The summed E-state index contributed by atoms with van der Waals surface area (Å²) in [5, 5.41) is 0. The molecule has 0 rings (SSSR count). The van der Waals surface area contributed by atoms with Gasteiger partial charge in [0.1, 0.15) is 0 Å². The zero-order chi connectivity index (χ0) is 7.98. The molecule has 1 atom stereocenters. The molecule has 0 aliphatic heterocycles. The van der Waals surface area contributed by atoms with E-state index < -0.39 is 0 Å². The van der Waals surface area contributed by atoms with E-state index in [1.165, 1.54) is 0 Å². The van der Waals surface area contributed by atoms with Crippen molar-refractivity contribution in [1.29, 1.82) is 0 Å². The molecule has 0 amide bonds. The van der Waals surface area contributed by atoms with E-state index >= 15 is 0 Å². The number of terminal acetylenes is 1. The number of carbonyl (C=O) groups is 1. The Morgan fingerprint density at radius 3 is 2.80 bits per heavy atom. The van der Waals surface area contributed by atoms with Crippen LogP contribution in [0, 0.1) is 12.3 Å². The zero-order valence-electron chi connectivity index (χ0n) is 6.39. The van der Waals surface area contributed by atoms with E-state index in [4.69, 9.17) is 11.2 Å². The molecule has 0 aromatic carbocycles. The maximum absolute atomic E-state index is 10.7. The molecule has 0 spiro atoms. The summed E-state index contributed by atoms with van der Waals surface area (Å²) in [6.45, 7) is 3.59.